The fourth-order valence-corrected chi connectivity index (χ4v) is 5.49. The van der Waals surface area contributed by atoms with Gasteiger partial charge in [0.15, 0.2) is 6.10 Å². The molecule has 2 aromatic rings. The average Bonchev–Trinajstić information content (AvgIpc) is 2.81. The van der Waals surface area contributed by atoms with E-state index < -0.39 is 17.7 Å². The maximum Gasteiger partial charge on any atom is 0.340 e. The average molecular weight is 523 g/mol. The molecule has 0 radical (unpaired) electrons. The van der Waals surface area contributed by atoms with Crippen LogP contribution in [0.3, 0.4) is 0 Å². The lowest BCUT2D eigenvalue weighted by molar-refractivity contribution is -0.171. The molecule has 3 heterocycles. The number of aryl methyl sites for hydroxylation is 1. The van der Waals surface area contributed by atoms with E-state index in [4.69, 9.17) is 20.2 Å². The third-order valence-corrected chi connectivity index (χ3v) is 7.54. The number of benzene rings is 1. The fourth-order valence-electron chi connectivity index (χ4n) is 5.49. The second kappa shape index (κ2) is 10.9. The molecule has 208 valence electrons. The van der Waals surface area contributed by atoms with Gasteiger partial charge < -0.3 is 25.4 Å². The van der Waals surface area contributed by atoms with Gasteiger partial charge in [-0.1, -0.05) is 32.0 Å². The predicted octanol–water partition coefficient (Wildman–Crippen LogP) is 5.72. The molecule has 1 atom stereocenters. The van der Waals surface area contributed by atoms with E-state index >= 15 is 0 Å². The molecule has 0 amide bonds. The highest BCUT2D eigenvalue weighted by Crippen LogP contribution is 2.46. The minimum Gasteiger partial charge on any atom is -0.461 e. The van der Waals surface area contributed by atoms with Crippen molar-refractivity contribution in [1.29, 1.82) is 0 Å². The number of hydrogen-bond acceptors (Lipinski definition) is 7. The van der Waals surface area contributed by atoms with Crippen LogP contribution < -0.4 is 16.0 Å². The van der Waals surface area contributed by atoms with E-state index in [0.717, 1.165) is 67.8 Å². The number of carbonyl (C=O) groups excluding carboxylic acids is 1. The number of pyridine rings is 1. The Hall–Kier alpha value is -2.64. The van der Waals surface area contributed by atoms with Gasteiger partial charge in [-0.25, -0.2) is 9.78 Å². The second-order valence-electron chi connectivity index (χ2n) is 12.9. The van der Waals surface area contributed by atoms with Crippen LogP contribution in [0.25, 0.3) is 11.1 Å². The molecular weight excluding hydrogens is 476 g/mol. The van der Waals surface area contributed by atoms with E-state index in [1.807, 2.05) is 41.5 Å². The Labute approximate surface area is 228 Å². The zero-order chi connectivity index (χ0) is 27.8. The molecule has 0 saturated carbocycles. The summed E-state index contributed by atoms with van der Waals surface area (Å²) in [5, 5.41) is 3.45. The number of piperidine rings is 1. The standard InChI is InChI=1S/C31H46N4O3/c1-19(2)37-29(36)27(38-30(4,5)6)24-20(3)34-28(32)25(26(24)35-15-12-31(7,8)13-16-35)22-9-10-23-18-33-14-11-21(23)17-22/h9-10,17,19,27,33H,11-16,18H2,1-8H3,(H2,32,34)/t27-/m0/s1. The number of fused-ring (bicyclic) bond motifs is 1. The molecule has 1 fully saturated rings. The molecule has 38 heavy (non-hydrogen) atoms. The molecule has 1 aromatic heterocycles. The molecule has 0 unspecified atom stereocenters. The van der Waals surface area contributed by atoms with Gasteiger partial charge in [0.05, 0.1) is 17.4 Å². The third kappa shape index (κ3) is 6.32. The molecule has 3 N–H and O–H groups in total. The Kier molecular flexibility index (Phi) is 8.10. The summed E-state index contributed by atoms with van der Waals surface area (Å²) >= 11 is 0. The number of aromatic nitrogens is 1. The van der Waals surface area contributed by atoms with Crippen LogP contribution in [-0.4, -0.2) is 42.3 Å². The van der Waals surface area contributed by atoms with Gasteiger partial charge >= 0.3 is 5.97 Å². The molecular formula is C31H46N4O3. The summed E-state index contributed by atoms with van der Waals surface area (Å²) in [5.41, 5.74) is 13.4. The first-order valence-electron chi connectivity index (χ1n) is 14.0. The van der Waals surface area contributed by atoms with Crippen LogP contribution in [0, 0.1) is 12.3 Å². The summed E-state index contributed by atoms with van der Waals surface area (Å²) in [6.07, 6.45) is 1.88. The summed E-state index contributed by atoms with van der Waals surface area (Å²) in [6, 6.07) is 6.59. The van der Waals surface area contributed by atoms with Crippen LogP contribution in [0.1, 0.15) is 89.8 Å². The number of nitrogens with one attached hydrogen (secondary N) is 1. The Morgan fingerprint density at radius 3 is 2.47 bits per heavy atom. The van der Waals surface area contributed by atoms with Gasteiger partial charge in [0.1, 0.15) is 5.82 Å². The SMILES string of the molecule is Cc1nc(N)c(-c2ccc3c(c2)CCNC3)c(N2CCC(C)(C)CC2)c1[C@H](OC(C)(C)C)C(=O)OC(C)C. The number of anilines is 2. The van der Waals surface area contributed by atoms with Gasteiger partial charge in [-0.2, -0.15) is 0 Å². The predicted molar refractivity (Wildman–Crippen MR) is 154 cm³/mol. The normalized spacial score (nSPS) is 18.3. The minimum atomic E-state index is -0.920. The highest BCUT2D eigenvalue weighted by Gasteiger charge is 2.38. The fraction of sp³-hybridized carbons (Fsp3) is 0.613. The Morgan fingerprint density at radius 1 is 1.16 bits per heavy atom. The number of nitrogens with zero attached hydrogens (tertiary/aromatic N) is 2. The van der Waals surface area contributed by atoms with Gasteiger partial charge in [0.25, 0.3) is 0 Å². The molecule has 2 aliphatic heterocycles. The van der Waals surface area contributed by atoms with Crippen molar-refractivity contribution >= 4 is 17.5 Å². The van der Waals surface area contributed by atoms with Crippen molar-refractivity contribution in [3.05, 3.63) is 40.6 Å². The van der Waals surface area contributed by atoms with Crippen molar-refractivity contribution in [3.63, 3.8) is 0 Å². The lowest BCUT2D eigenvalue weighted by atomic mass is 9.82. The Bertz CT molecular complexity index is 1170. The largest absolute Gasteiger partial charge is 0.461 e. The smallest absolute Gasteiger partial charge is 0.340 e. The first-order valence-corrected chi connectivity index (χ1v) is 14.0. The maximum atomic E-state index is 13.6. The summed E-state index contributed by atoms with van der Waals surface area (Å²) in [6.45, 7) is 19.7. The minimum absolute atomic E-state index is 0.261. The van der Waals surface area contributed by atoms with Gasteiger partial charge in [0.2, 0.25) is 0 Å². The van der Waals surface area contributed by atoms with Crippen LogP contribution in [-0.2, 0) is 27.2 Å². The first kappa shape index (κ1) is 28.4. The van der Waals surface area contributed by atoms with E-state index in [9.17, 15) is 4.79 Å². The topological polar surface area (TPSA) is 89.7 Å². The summed E-state index contributed by atoms with van der Waals surface area (Å²) in [7, 11) is 0. The number of nitrogens with two attached hydrogens (primary N) is 1. The molecule has 0 aliphatic carbocycles. The molecule has 1 saturated heterocycles. The van der Waals surface area contributed by atoms with Crippen molar-refractivity contribution in [2.45, 2.75) is 99.0 Å². The lowest BCUT2D eigenvalue weighted by Gasteiger charge is -2.41. The first-order chi connectivity index (χ1) is 17.8. The molecule has 1 aromatic carbocycles. The second-order valence-corrected chi connectivity index (χ2v) is 12.9. The molecule has 7 nitrogen and oxygen atoms in total. The Morgan fingerprint density at radius 2 is 1.84 bits per heavy atom. The zero-order valence-electron chi connectivity index (χ0n) is 24.5. The van der Waals surface area contributed by atoms with Crippen LogP contribution in [0.15, 0.2) is 18.2 Å². The highest BCUT2D eigenvalue weighted by molar-refractivity contribution is 5.92. The van der Waals surface area contributed by atoms with Crippen LogP contribution in [0.2, 0.25) is 0 Å². The van der Waals surface area contributed by atoms with Gasteiger partial charge in [0, 0.05) is 36.5 Å². The quantitative estimate of drug-likeness (QED) is 0.469. The van der Waals surface area contributed by atoms with E-state index in [1.165, 1.54) is 11.1 Å². The number of hydrogen-bond donors (Lipinski definition) is 2. The third-order valence-electron chi connectivity index (χ3n) is 7.54. The number of rotatable bonds is 6. The monoisotopic (exact) mass is 522 g/mol. The molecule has 7 heteroatoms. The highest BCUT2D eigenvalue weighted by atomic mass is 16.6. The molecule has 0 spiro atoms. The van der Waals surface area contributed by atoms with Gasteiger partial charge in [-0.05, 0) is 89.5 Å². The van der Waals surface area contributed by atoms with Crippen molar-refractivity contribution in [2.24, 2.45) is 5.41 Å². The summed E-state index contributed by atoms with van der Waals surface area (Å²) in [4.78, 5) is 20.8. The van der Waals surface area contributed by atoms with Gasteiger partial charge in [-0.3, -0.25) is 0 Å². The van der Waals surface area contributed by atoms with E-state index in [2.05, 4.69) is 42.3 Å². The zero-order valence-corrected chi connectivity index (χ0v) is 24.5. The Balaban J connectivity index is 1.96. The lowest BCUT2D eigenvalue weighted by Crippen LogP contribution is -2.39. The van der Waals surface area contributed by atoms with Crippen molar-refractivity contribution in [3.8, 4) is 11.1 Å². The van der Waals surface area contributed by atoms with Crippen molar-refractivity contribution in [2.75, 3.05) is 30.3 Å². The summed E-state index contributed by atoms with van der Waals surface area (Å²) < 4.78 is 12.2. The molecule has 4 rings (SSSR count). The molecule has 0 bridgehead atoms. The number of ether oxygens (including phenoxy) is 2. The number of nitrogen functional groups attached to an aromatic ring is 1. The van der Waals surface area contributed by atoms with E-state index in [1.54, 1.807) is 0 Å². The number of carbonyl (C=O) groups is 1. The van der Waals surface area contributed by atoms with Crippen molar-refractivity contribution in [1.82, 2.24) is 10.3 Å². The van der Waals surface area contributed by atoms with Gasteiger partial charge in [-0.15, -0.1) is 0 Å². The van der Waals surface area contributed by atoms with Crippen molar-refractivity contribution < 1.29 is 14.3 Å². The number of esters is 1. The van der Waals surface area contributed by atoms with Crippen LogP contribution in [0.5, 0.6) is 0 Å². The van der Waals surface area contributed by atoms with Crippen LogP contribution in [0.4, 0.5) is 11.5 Å². The van der Waals surface area contributed by atoms with E-state index in [-0.39, 0.29) is 11.5 Å². The molecule has 2 aliphatic rings. The maximum absolute atomic E-state index is 13.6. The van der Waals surface area contributed by atoms with E-state index in [0.29, 0.717) is 11.5 Å². The summed E-state index contributed by atoms with van der Waals surface area (Å²) in [5.74, 6) is 0.0809. The van der Waals surface area contributed by atoms with Crippen LogP contribution >= 0.6 is 0 Å².